The van der Waals surface area contributed by atoms with Crippen LogP contribution in [0.15, 0.2) is 35.3 Å². The highest BCUT2D eigenvalue weighted by Crippen LogP contribution is 2.37. The molecule has 0 bridgehead atoms. The first-order chi connectivity index (χ1) is 8.15. The lowest BCUT2D eigenvalue weighted by atomic mass is 9.89. The second-order valence-corrected chi connectivity index (χ2v) is 4.25. The highest BCUT2D eigenvalue weighted by Gasteiger charge is 2.34. The van der Waals surface area contributed by atoms with Gasteiger partial charge in [0.15, 0.2) is 11.9 Å². The van der Waals surface area contributed by atoms with Crippen LogP contribution in [0.4, 0.5) is 5.69 Å². The molecule has 1 aromatic rings. The minimum absolute atomic E-state index is 0.0394. The van der Waals surface area contributed by atoms with E-state index in [0.717, 1.165) is 5.71 Å². The smallest absolute Gasteiger partial charge is 0.162 e. The van der Waals surface area contributed by atoms with Gasteiger partial charge in [-0.2, -0.15) is 0 Å². The molecule has 1 heterocycles. The summed E-state index contributed by atoms with van der Waals surface area (Å²) in [6.45, 7) is 1.82. The van der Waals surface area contributed by atoms with Crippen molar-refractivity contribution in [2.24, 2.45) is 10.9 Å². The third-order valence-electron chi connectivity index (χ3n) is 3.06. The Labute approximate surface area is 98.2 Å². The van der Waals surface area contributed by atoms with Crippen molar-refractivity contribution in [3.63, 3.8) is 0 Å². The largest absolute Gasteiger partial charge is 0.508 e. The van der Waals surface area contributed by atoms with Crippen molar-refractivity contribution in [2.45, 2.75) is 13.0 Å². The van der Waals surface area contributed by atoms with Gasteiger partial charge >= 0.3 is 0 Å². The number of aliphatic imine (C=N–C) groups is 1. The quantitative estimate of drug-likeness (QED) is 0.740. The molecule has 0 saturated heterocycles. The second kappa shape index (κ2) is 3.45. The number of allylic oxidation sites excluding steroid dienone is 1. The maximum atomic E-state index is 11.6. The van der Waals surface area contributed by atoms with E-state index in [9.17, 15) is 9.90 Å². The SMILES string of the molecule is CC1C(=O)C=CC2=Nc3ccc(O)cc3OC21. The highest BCUT2D eigenvalue weighted by molar-refractivity contribution is 6.12. The van der Waals surface area contributed by atoms with Crippen LogP contribution in [0, 0.1) is 5.92 Å². The van der Waals surface area contributed by atoms with Gasteiger partial charge < -0.3 is 9.84 Å². The van der Waals surface area contributed by atoms with Gasteiger partial charge in [-0.05, 0) is 24.3 Å². The number of carbonyl (C=O) groups excluding carboxylic acids is 1. The van der Waals surface area contributed by atoms with E-state index in [1.165, 1.54) is 12.1 Å². The molecule has 2 aliphatic rings. The Morgan fingerprint density at radius 1 is 1.35 bits per heavy atom. The number of phenols is 1. The number of phenolic OH excluding ortho intramolecular Hbond substituents is 1. The number of benzene rings is 1. The number of hydrogen-bond acceptors (Lipinski definition) is 4. The topological polar surface area (TPSA) is 58.9 Å². The van der Waals surface area contributed by atoms with E-state index in [2.05, 4.69) is 4.99 Å². The van der Waals surface area contributed by atoms with Crippen molar-refractivity contribution in [1.82, 2.24) is 0 Å². The molecule has 4 heteroatoms. The van der Waals surface area contributed by atoms with Crippen LogP contribution in [-0.2, 0) is 4.79 Å². The predicted octanol–water partition coefficient (Wildman–Crippen LogP) is 2.00. The molecule has 1 N–H and O–H groups in total. The first kappa shape index (κ1) is 10.1. The van der Waals surface area contributed by atoms with Gasteiger partial charge in [0.05, 0.1) is 11.6 Å². The number of ketones is 1. The number of fused-ring (bicyclic) bond motifs is 2. The molecule has 2 unspecified atom stereocenters. The predicted molar refractivity (Wildman–Crippen MR) is 62.9 cm³/mol. The molecule has 3 rings (SSSR count). The van der Waals surface area contributed by atoms with Crippen molar-refractivity contribution >= 4 is 17.2 Å². The van der Waals surface area contributed by atoms with Gasteiger partial charge in [-0.1, -0.05) is 6.92 Å². The van der Waals surface area contributed by atoms with E-state index in [1.54, 1.807) is 18.2 Å². The second-order valence-electron chi connectivity index (χ2n) is 4.25. The molecule has 4 nitrogen and oxygen atoms in total. The van der Waals surface area contributed by atoms with Crippen LogP contribution in [0.3, 0.4) is 0 Å². The normalized spacial score (nSPS) is 25.7. The summed E-state index contributed by atoms with van der Waals surface area (Å²) in [5.41, 5.74) is 1.44. The molecule has 0 amide bonds. The van der Waals surface area contributed by atoms with Gasteiger partial charge in [-0.25, -0.2) is 4.99 Å². The van der Waals surface area contributed by atoms with E-state index in [-0.39, 0.29) is 23.6 Å². The molecule has 1 aromatic carbocycles. The van der Waals surface area contributed by atoms with Gasteiger partial charge in [0.2, 0.25) is 0 Å². The Balaban J connectivity index is 2.10. The van der Waals surface area contributed by atoms with Gasteiger partial charge in [-0.15, -0.1) is 0 Å². The van der Waals surface area contributed by atoms with Crippen molar-refractivity contribution in [1.29, 1.82) is 0 Å². The number of rotatable bonds is 0. The van der Waals surface area contributed by atoms with E-state index in [1.807, 2.05) is 6.92 Å². The Hall–Kier alpha value is -2.10. The lowest BCUT2D eigenvalue weighted by molar-refractivity contribution is -0.119. The van der Waals surface area contributed by atoms with Crippen molar-refractivity contribution in [3.05, 3.63) is 30.4 Å². The zero-order chi connectivity index (χ0) is 12.0. The third-order valence-corrected chi connectivity index (χ3v) is 3.06. The average molecular weight is 229 g/mol. The monoisotopic (exact) mass is 229 g/mol. The number of carbonyl (C=O) groups is 1. The van der Waals surface area contributed by atoms with Crippen LogP contribution in [-0.4, -0.2) is 22.7 Å². The minimum atomic E-state index is -0.346. The summed E-state index contributed by atoms with van der Waals surface area (Å²) in [5, 5.41) is 9.39. The fraction of sp³-hybridized carbons (Fsp3) is 0.231. The summed E-state index contributed by atoms with van der Waals surface area (Å²) in [4.78, 5) is 16.0. The Bertz CT molecular complexity index is 560. The van der Waals surface area contributed by atoms with Crippen molar-refractivity contribution < 1.29 is 14.6 Å². The molecule has 1 aliphatic heterocycles. The first-order valence-electron chi connectivity index (χ1n) is 5.45. The molecule has 0 fully saturated rings. The fourth-order valence-electron chi connectivity index (χ4n) is 2.05. The number of aromatic hydroxyl groups is 1. The zero-order valence-corrected chi connectivity index (χ0v) is 9.25. The molecular formula is C13H11NO3. The first-order valence-corrected chi connectivity index (χ1v) is 5.45. The molecule has 17 heavy (non-hydrogen) atoms. The summed E-state index contributed by atoms with van der Waals surface area (Å²) >= 11 is 0. The van der Waals surface area contributed by atoms with Crippen LogP contribution in [0.1, 0.15) is 6.92 Å². The van der Waals surface area contributed by atoms with E-state index in [4.69, 9.17) is 4.74 Å². The molecule has 2 atom stereocenters. The van der Waals surface area contributed by atoms with Gasteiger partial charge in [-0.3, -0.25) is 4.79 Å². The van der Waals surface area contributed by atoms with E-state index in [0.29, 0.717) is 11.4 Å². The summed E-state index contributed by atoms with van der Waals surface area (Å²) in [6.07, 6.45) is 2.89. The molecule has 86 valence electrons. The van der Waals surface area contributed by atoms with Crippen LogP contribution >= 0.6 is 0 Å². The van der Waals surface area contributed by atoms with Gasteiger partial charge in [0.1, 0.15) is 17.2 Å². The number of ether oxygens (including phenoxy) is 1. The van der Waals surface area contributed by atoms with E-state index >= 15 is 0 Å². The van der Waals surface area contributed by atoms with Crippen LogP contribution in [0.2, 0.25) is 0 Å². The van der Waals surface area contributed by atoms with Gasteiger partial charge in [0, 0.05) is 6.07 Å². The zero-order valence-electron chi connectivity index (χ0n) is 9.25. The minimum Gasteiger partial charge on any atom is -0.508 e. The maximum absolute atomic E-state index is 11.6. The Morgan fingerprint density at radius 3 is 3.00 bits per heavy atom. The van der Waals surface area contributed by atoms with E-state index < -0.39 is 0 Å². The molecule has 0 spiro atoms. The third kappa shape index (κ3) is 1.53. The summed E-state index contributed by atoms with van der Waals surface area (Å²) in [5.74, 6) is 0.452. The lowest BCUT2D eigenvalue weighted by Gasteiger charge is -2.30. The summed E-state index contributed by atoms with van der Waals surface area (Å²) < 4.78 is 5.74. The molecular weight excluding hydrogens is 218 g/mol. The molecule has 0 saturated carbocycles. The fourth-order valence-corrected chi connectivity index (χ4v) is 2.05. The number of nitrogens with zero attached hydrogens (tertiary/aromatic N) is 1. The highest BCUT2D eigenvalue weighted by atomic mass is 16.5. The molecule has 1 aliphatic carbocycles. The van der Waals surface area contributed by atoms with Crippen molar-refractivity contribution in [2.75, 3.05) is 0 Å². The van der Waals surface area contributed by atoms with Crippen LogP contribution in [0.5, 0.6) is 11.5 Å². The van der Waals surface area contributed by atoms with Crippen LogP contribution in [0.25, 0.3) is 0 Å². The molecule has 0 aromatic heterocycles. The lowest BCUT2D eigenvalue weighted by Crippen LogP contribution is -2.40. The molecule has 0 radical (unpaired) electrons. The average Bonchev–Trinajstić information content (AvgIpc) is 2.32. The summed E-state index contributed by atoms with van der Waals surface area (Å²) in [6, 6.07) is 4.78. The maximum Gasteiger partial charge on any atom is 0.162 e. The van der Waals surface area contributed by atoms with Crippen LogP contribution < -0.4 is 4.74 Å². The number of hydrogen-bond donors (Lipinski definition) is 1. The standard InChI is InChI=1S/C13H11NO3/c1-7-11(16)5-4-10-13(7)17-12-6-8(15)2-3-9(12)14-10/h2-7,13,15H,1H3. The van der Waals surface area contributed by atoms with Gasteiger partial charge in [0.25, 0.3) is 0 Å². The Kier molecular flexibility index (Phi) is 2.04. The Morgan fingerprint density at radius 2 is 2.18 bits per heavy atom. The van der Waals surface area contributed by atoms with Crippen molar-refractivity contribution in [3.8, 4) is 11.5 Å². The summed E-state index contributed by atoms with van der Waals surface area (Å²) in [7, 11) is 0.